The van der Waals surface area contributed by atoms with Crippen molar-refractivity contribution in [2.24, 2.45) is 5.92 Å². The molecule has 1 heterocycles. The zero-order chi connectivity index (χ0) is 14.7. The van der Waals surface area contributed by atoms with E-state index < -0.39 is 5.82 Å². The number of benzene rings is 1. The third kappa shape index (κ3) is 3.73. The monoisotopic (exact) mass is 315 g/mol. The number of halogens is 2. The number of amides is 1. The molecule has 2 rings (SSSR count). The third-order valence-electron chi connectivity index (χ3n) is 3.21. The van der Waals surface area contributed by atoms with Crippen LogP contribution >= 0.6 is 23.4 Å². The number of nitrogens with zero attached hydrogens (tertiary/aromatic N) is 1. The highest BCUT2D eigenvalue weighted by molar-refractivity contribution is 8.13. The lowest BCUT2D eigenvalue weighted by atomic mass is 10.1. The van der Waals surface area contributed by atoms with Crippen molar-refractivity contribution in [2.45, 2.75) is 19.9 Å². The number of carbonyl (C=O) groups is 2. The largest absolute Gasteiger partial charge is 0.338 e. The fourth-order valence-corrected chi connectivity index (χ4v) is 3.11. The lowest BCUT2D eigenvalue weighted by Crippen LogP contribution is -2.25. The van der Waals surface area contributed by atoms with Crippen LogP contribution in [0.4, 0.5) is 4.39 Å². The van der Waals surface area contributed by atoms with Crippen molar-refractivity contribution in [2.75, 3.05) is 12.3 Å². The molecule has 0 N–H and O–H groups in total. The summed E-state index contributed by atoms with van der Waals surface area (Å²) < 4.78 is 13.4. The Kier molecular flexibility index (Phi) is 5.05. The first-order valence-electron chi connectivity index (χ1n) is 6.31. The molecule has 0 radical (unpaired) electrons. The second kappa shape index (κ2) is 6.59. The summed E-state index contributed by atoms with van der Waals surface area (Å²) >= 11 is 7.14. The summed E-state index contributed by atoms with van der Waals surface area (Å²) in [4.78, 5) is 24.5. The molecule has 1 aromatic rings. The maximum Gasteiger partial charge on any atom is 0.223 e. The molecule has 1 fully saturated rings. The molecule has 1 aromatic carbocycles. The molecule has 1 aliphatic heterocycles. The van der Waals surface area contributed by atoms with Crippen molar-refractivity contribution in [3.05, 3.63) is 34.6 Å². The fourth-order valence-electron chi connectivity index (χ4n) is 2.23. The predicted octanol–water partition coefficient (Wildman–Crippen LogP) is 3.11. The third-order valence-corrected chi connectivity index (χ3v) is 4.68. The number of likely N-dealkylation sites (tertiary alicyclic amines) is 1. The van der Waals surface area contributed by atoms with Crippen LogP contribution in [0.5, 0.6) is 0 Å². The topological polar surface area (TPSA) is 37.4 Å². The van der Waals surface area contributed by atoms with Crippen molar-refractivity contribution in [1.29, 1.82) is 0 Å². The second-order valence-corrected chi connectivity index (χ2v) is 6.43. The minimum atomic E-state index is -0.473. The van der Waals surface area contributed by atoms with Gasteiger partial charge in [0.2, 0.25) is 5.91 Å². The van der Waals surface area contributed by atoms with Gasteiger partial charge in [0.1, 0.15) is 5.82 Å². The zero-order valence-corrected chi connectivity index (χ0v) is 12.6. The van der Waals surface area contributed by atoms with Crippen LogP contribution in [0.3, 0.4) is 0 Å². The van der Waals surface area contributed by atoms with Crippen LogP contribution in [-0.4, -0.2) is 28.2 Å². The minimum absolute atomic E-state index is 0.0273. The Morgan fingerprint density at radius 2 is 2.30 bits per heavy atom. The van der Waals surface area contributed by atoms with Crippen molar-refractivity contribution in [3.63, 3.8) is 0 Å². The quantitative estimate of drug-likeness (QED) is 0.857. The van der Waals surface area contributed by atoms with Gasteiger partial charge in [-0.15, -0.1) is 0 Å². The Bertz CT molecular complexity index is 538. The summed E-state index contributed by atoms with van der Waals surface area (Å²) in [5.41, 5.74) is 0.611. The molecule has 108 valence electrons. The van der Waals surface area contributed by atoms with Crippen LogP contribution in [0.25, 0.3) is 0 Å². The van der Waals surface area contributed by atoms with Gasteiger partial charge in [-0.1, -0.05) is 35.5 Å². The molecule has 20 heavy (non-hydrogen) atoms. The first kappa shape index (κ1) is 15.3. The SMILES string of the molecule is CC(=O)SCC1CC(=O)N(Cc2cccc(F)c2Cl)C1. The molecule has 0 saturated carbocycles. The molecule has 0 aromatic heterocycles. The van der Waals surface area contributed by atoms with Gasteiger partial charge in [-0.05, 0) is 17.5 Å². The van der Waals surface area contributed by atoms with Crippen LogP contribution in [0.1, 0.15) is 18.9 Å². The molecule has 1 saturated heterocycles. The summed E-state index contributed by atoms with van der Waals surface area (Å²) in [6, 6.07) is 4.60. The molecule has 1 amide bonds. The Hall–Kier alpha value is -1.07. The van der Waals surface area contributed by atoms with Gasteiger partial charge in [0.05, 0.1) is 5.02 Å². The number of carbonyl (C=O) groups excluding carboxylic acids is 2. The average molecular weight is 316 g/mol. The molecule has 1 aliphatic rings. The molecule has 1 atom stereocenters. The molecule has 1 unspecified atom stereocenters. The maximum atomic E-state index is 13.4. The fraction of sp³-hybridized carbons (Fsp3) is 0.429. The predicted molar refractivity (Wildman–Crippen MR) is 78.1 cm³/mol. The lowest BCUT2D eigenvalue weighted by molar-refractivity contribution is -0.128. The zero-order valence-electron chi connectivity index (χ0n) is 11.1. The molecular weight excluding hydrogens is 301 g/mol. The highest BCUT2D eigenvalue weighted by Crippen LogP contribution is 2.26. The highest BCUT2D eigenvalue weighted by atomic mass is 35.5. The summed E-state index contributed by atoms with van der Waals surface area (Å²) in [7, 11) is 0. The van der Waals surface area contributed by atoms with Gasteiger partial charge in [0.15, 0.2) is 5.12 Å². The molecule has 6 heteroatoms. The summed E-state index contributed by atoms with van der Waals surface area (Å²) in [5.74, 6) is 0.372. The van der Waals surface area contributed by atoms with Gasteiger partial charge in [0.25, 0.3) is 0 Å². The van der Waals surface area contributed by atoms with E-state index in [1.807, 2.05) is 0 Å². The number of hydrogen-bond donors (Lipinski definition) is 0. The highest BCUT2D eigenvalue weighted by Gasteiger charge is 2.30. The van der Waals surface area contributed by atoms with Crippen LogP contribution < -0.4 is 0 Å². The number of rotatable bonds is 4. The van der Waals surface area contributed by atoms with E-state index in [0.717, 1.165) is 0 Å². The Morgan fingerprint density at radius 3 is 3.00 bits per heavy atom. The van der Waals surface area contributed by atoms with E-state index in [-0.39, 0.29) is 22.0 Å². The van der Waals surface area contributed by atoms with Crippen molar-refractivity contribution >= 4 is 34.4 Å². The molecule has 0 spiro atoms. The summed E-state index contributed by atoms with van der Waals surface area (Å²) in [6.07, 6.45) is 0.438. The van der Waals surface area contributed by atoms with Gasteiger partial charge in [-0.25, -0.2) is 4.39 Å². The van der Waals surface area contributed by atoms with Crippen molar-refractivity contribution in [1.82, 2.24) is 4.90 Å². The van der Waals surface area contributed by atoms with E-state index in [4.69, 9.17) is 11.6 Å². The van der Waals surface area contributed by atoms with Crippen LogP contribution in [-0.2, 0) is 16.1 Å². The molecule has 0 bridgehead atoms. The van der Waals surface area contributed by atoms with E-state index >= 15 is 0 Å². The standard InChI is InChI=1S/C14H15ClFNO2S/c1-9(18)20-8-10-5-13(19)17(6-10)7-11-3-2-4-12(16)14(11)15/h2-4,10H,5-8H2,1H3. The maximum absolute atomic E-state index is 13.4. The first-order valence-corrected chi connectivity index (χ1v) is 7.67. The van der Waals surface area contributed by atoms with Gasteiger partial charge in [-0.2, -0.15) is 0 Å². The lowest BCUT2D eigenvalue weighted by Gasteiger charge is -2.17. The average Bonchev–Trinajstić information content (AvgIpc) is 2.73. The number of thioether (sulfide) groups is 1. The van der Waals surface area contributed by atoms with E-state index in [0.29, 0.717) is 30.8 Å². The molecule has 0 aliphatic carbocycles. The van der Waals surface area contributed by atoms with E-state index in [1.165, 1.54) is 24.8 Å². The second-order valence-electron chi connectivity index (χ2n) is 4.86. The van der Waals surface area contributed by atoms with Gasteiger partial charge in [-0.3, -0.25) is 9.59 Å². The Balaban J connectivity index is 1.98. The van der Waals surface area contributed by atoms with Crippen LogP contribution in [0.2, 0.25) is 5.02 Å². The van der Waals surface area contributed by atoms with Gasteiger partial charge in [0, 0.05) is 32.2 Å². The smallest absolute Gasteiger partial charge is 0.223 e. The van der Waals surface area contributed by atoms with Crippen molar-refractivity contribution < 1.29 is 14.0 Å². The first-order chi connectivity index (χ1) is 9.47. The van der Waals surface area contributed by atoms with E-state index in [1.54, 1.807) is 17.0 Å². The molecular formula is C14H15ClFNO2S. The van der Waals surface area contributed by atoms with Gasteiger partial charge < -0.3 is 4.90 Å². The normalized spacial score (nSPS) is 18.6. The Labute approximate surface area is 126 Å². The molecule has 3 nitrogen and oxygen atoms in total. The number of hydrogen-bond acceptors (Lipinski definition) is 3. The van der Waals surface area contributed by atoms with E-state index in [9.17, 15) is 14.0 Å². The Morgan fingerprint density at radius 1 is 1.55 bits per heavy atom. The summed E-state index contributed by atoms with van der Waals surface area (Å²) in [6.45, 7) is 2.42. The van der Waals surface area contributed by atoms with Crippen molar-refractivity contribution in [3.8, 4) is 0 Å². The van der Waals surface area contributed by atoms with Crippen LogP contribution in [0, 0.1) is 11.7 Å². The minimum Gasteiger partial charge on any atom is -0.338 e. The van der Waals surface area contributed by atoms with Gasteiger partial charge >= 0.3 is 0 Å². The van der Waals surface area contributed by atoms with E-state index in [2.05, 4.69) is 0 Å². The van der Waals surface area contributed by atoms with Crippen LogP contribution in [0.15, 0.2) is 18.2 Å². The summed E-state index contributed by atoms with van der Waals surface area (Å²) in [5, 5.41) is 0.130.